The number of thiazole rings is 1. The van der Waals surface area contributed by atoms with Crippen LogP contribution in [0.25, 0.3) is 17.4 Å². The zero-order valence-electron chi connectivity index (χ0n) is 21.6. The number of carbonyl (C=O) groups is 2. The molecular formula is C29H23ClN2O7S. The lowest BCUT2D eigenvalue weighted by Gasteiger charge is -2.24. The van der Waals surface area contributed by atoms with Crippen molar-refractivity contribution in [3.63, 3.8) is 0 Å². The van der Waals surface area contributed by atoms with E-state index in [4.69, 9.17) is 25.5 Å². The zero-order valence-corrected chi connectivity index (χ0v) is 23.2. The predicted octanol–water partition coefficient (Wildman–Crippen LogP) is 4.42. The molecule has 3 heterocycles. The molecule has 9 nitrogen and oxygen atoms in total. The van der Waals surface area contributed by atoms with Crippen molar-refractivity contribution < 1.29 is 28.6 Å². The Balaban J connectivity index is 1.64. The van der Waals surface area contributed by atoms with Crippen molar-refractivity contribution in [1.29, 1.82) is 0 Å². The van der Waals surface area contributed by atoms with Gasteiger partial charge in [-0.2, -0.15) is 0 Å². The van der Waals surface area contributed by atoms with Gasteiger partial charge in [-0.1, -0.05) is 35.1 Å². The summed E-state index contributed by atoms with van der Waals surface area (Å²) >= 11 is 7.45. The third-order valence-corrected chi connectivity index (χ3v) is 7.62. The molecule has 0 fully saturated rings. The zero-order chi connectivity index (χ0) is 28.6. The molecule has 0 spiro atoms. The van der Waals surface area contributed by atoms with E-state index in [0.29, 0.717) is 48.5 Å². The Morgan fingerprint density at radius 1 is 1.20 bits per heavy atom. The van der Waals surface area contributed by atoms with Gasteiger partial charge < -0.3 is 19.0 Å². The Hall–Kier alpha value is -4.41. The van der Waals surface area contributed by atoms with E-state index in [2.05, 4.69) is 4.99 Å². The summed E-state index contributed by atoms with van der Waals surface area (Å²) in [4.78, 5) is 43.2. The van der Waals surface area contributed by atoms with Gasteiger partial charge in [-0.3, -0.25) is 9.36 Å². The number of carbonyl (C=O) groups excluding carboxylic acids is 1. The number of nitrogens with zero attached hydrogens (tertiary/aromatic N) is 2. The van der Waals surface area contributed by atoms with Crippen LogP contribution in [-0.2, 0) is 9.53 Å². The summed E-state index contributed by atoms with van der Waals surface area (Å²) in [6, 6.07) is 14.0. The predicted molar refractivity (Wildman–Crippen MR) is 150 cm³/mol. The lowest BCUT2D eigenvalue weighted by molar-refractivity contribution is -0.139. The molecule has 2 aromatic carbocycles. The Morgan fingerprint density at radius 3 is 2.73 bits per heavy atom. The highest BCUT2D eigenvalue weighted by Gasteiger charge is 2.33. The Labute approximate surface area is 236 Å². The molecule has 1 N–H and O–H groups in total. The quantitative estimate of drug-likeness (QED) is 0.322. The maximum Gasteiger partial charge on any atom is 0.338 e. The van der Waals surface area contributed by atoms with Crippen molar-refractivity contribution in [2.45, 2.75) is 19.9 Å². The molecule has 2 aromatic heterocycles. The van der Waals surface area contributed by atoms with Gasteiger partial charge in [0.05, 0.1) is 46.1 Å². The number of hydrogen-bond acceptors (Lipinski definition) is 8. The van der Waals surface area contributed by atoms with E-state index in [1.165, 1.54) is 22.8 Å². The Kier molecular flexibility index (Phi) is 7.46. The van der Waals surface area contributed by atoms with Crippen LogP contribution in [0.3, 0.4) is 0 Å². The molecule has 0 radical (unpaired) electrons. The number of methoxy groups -OCH3 is 1. The number of aromatic nitrogens is 1. The number of ether oxygens (including phenoxy) is 2. The fourth-order valence-electron chi connectivity index (χ4n) is 4.47. The molecule has 0 bridgehead atoms. The van der Waals surface area contributed by atoms with Crippen molar-refractivity contribution in [1.82, 2.24) is 4.57 Å². The summed E-state index contributed by atoms with van der Waals surface area (Å²) in [6.45, 7) is 3.60. The molecule has 4 aromatic rings. The lowest BCUT2D eigenvalue weighted by atomic mass is 9.95. The summed E-state index contributed by atoms with van der Waals surface area (Å²) in [5.41, 5.74) is 1.49. The van der Waals surface area contributed by atoms with Gasteiger partial charge in [-0.05, 0) is 61.9 Å². The molecule has 5 rings (SSSR count). The third kappa shape index (κ3) is 4.99. The van der Waals surface area contributed by atoms with Crippen LogP contribution < -0.4 is 19.6 Å². The fraction of sp³-hybridized carbons (Fsp3) is 0.172. The van der Waals surface area contributed by atoms with E-state index in [0.717, 1.165) is 11.3 Å². The maximum absolute atomic E-state index is 13.8. The molecule has 0 unspecified atom stereocenters. The minimum atomic E-state index is -1.09. The highest BCUT2D eigenvalue weighted by Crippen LogP contribution is 2.33. The van der Waals surface area contributed by atoms with Gasteiger partial charge in [0.2, 0.25) is 0 Å². The number of hydrogen-bond donors (Lipinski definition) is 1. The molecule has 11 heteroatoms. The van der Waals surface area contributed by atoms with Crippen LogP contribution in [0.5, 0.6) is 5.75 Å². The highest BCUT2D eigenvalue weighted by atomic mass is 35.5. The number of fused-ring (bicyclic) bond motifs is 1. The molecule has 0 amide bonds. The van der Waals surface area contributed by atoms with Crippen LogP contribution in [0.4, 0.5) is 0 Å². The second-order valence-electron chi connectivity index (χ2n) is 8.78. The lowest BCUT2D eigenvalue weighted by Crippen LogP contribution is -2.39. The first-order valence-corrected chi connectivity index (χ1v) is 13.4. The van der Waals surface area contributed by atoms with Gasteiger partial charge in [-0.25, -0.2) is 14.6 Å². The smallest absolute Gasteiger partial charge is 0.338 e. The normalized spacial score (nSPS) is 15.0. The maximum atomic E-state index is 13.8. The Morgan fingerprint density at radius 2 is 2.00 bits per heavy atom. The summed E-state index contributed by atoms with van der Waals surface area (Å²) in [7, 11) is 1.54. The number of allylic oxidation sites excluding steroid dienone is 1. The first-order valence-electron chi connectivity index (χ1n) is 12.2. The number of aromatic carboxylic acids is 1. The SMILES string of the molecule is CCOC(=O)C1=C(C)N=c2s/c(=C\c3ccc(-c4cc(C(=O)O)ccc4Cl)o3)c(=O)n2[C@@H]1c1cccc(OC)c1. The van der Waals surface area contributed by atoms with E-state index in [9.17, 15) is 19.5 Å². The van der Waals surface area contributed by atoms with Crippen LogP contribution >= 0.6 is 22.9 Å². The monoisotopic (exact) mass is 578 g/mol. The van der Waals surface area contributed by atoms with Gasteiger partial charge in [0.25, 0.3) is 5.56 Å². The van der Waals surface area contributed by atoms with Crippen molar-refractivity contribution in [3.05, 3.63) is 107 Å². The van der Waals surface area contributed by atoms with E-state index in [1.807, 2.05) is 6.07 Å². The average Bonchev–Trinajstić information content (AvgIpc) is 3.52. The highest BCUT2D eigenvalue weighted by molar-refractivity contribution is 7.07. The van der Waals surface area contributed by atoms with E-state index >= 15 is 0 Å². The fourth-order valence-corrected chi connectivity index (χ4v) is 5.71. The van der Waals surface area contributed by atoms with Crippen LogP contribution in [0, 0.1) is 0 Å². The molecule has 40 heavy (non-hydrogen) atoms. The summed E-state index contributed by atoms with van der Waals surface area (Å²) in [5.74, 6) is -0.361. The first-order chi connectivity index (χ1) is 19.2. The number of carboxylic acids is 1. The van der Waals surface area contributed by atoms with Gasteiger partial charge in [0, 0.05) is 11.6 Å². The minimum Gasteiger partial charge on any atom is -0.497 e. The van der Waals surface area contributed by atoms with Crippen LogP contribution in [-0.4, -0.2) is 35.3 Å². The molecule has 0 saturated heterocycles. The number of furan rings is 1. The number of rotatable bonds is 7. The molecule has 204 valence electrons. The van der Waals surface area contributed by atoms with Crippen LogP contribution in [0.1, 0.15) is 41.6 Å². The molecular weight excluding hydrogens is 556 g/mol. The number of carboxylic acid groups (broad SMARTS) is 1. The molecule has 0 saturated carbocycles. The number of benzene rings is 2. The second kappa shape index (κ2) is 11.0. The Bertz CT molecular complexity index is 1870. The topological polar surface area (TPSA) is 120 Å². The largest absolute Gasteiger partial charge is 0.497 e. The molecule has 1 aliphatic rings. The minimum absolute atomic E-state index is 0.0657. The van der Waals surface area contributed by atoms with Gasteiger partial charge in [0.1, 0.15) is 17.3 Å². The molecule has 1 atom stereocenters. The van der Waals surface area contributed by atoms with Crippen molar-refractivity contribution in [3.8, 4) is 17.1 Å². The van der Waals surface area contributed by atoms with Gasteiger partial charge in [-0.15, -0.1) is 0 Å². The standard InChI is InChI=1S/C29H23ClN2O7S/c1-4-38-28(36)24-15(2)31-29-32(25(24)16-6-5-7-18(12-16)37-3)26(33)23(40-29)14-19-9-11-22(39-19)20-13-17(27(34)35)8-10-21(20)30/h5-14,25H,4H2,1-3H3,(H,34,35)/b23-14-/t25-/m1/s1. The first kappa shape index (κ1) is 27.2. The number of halogens is 1. The van der Waals surface area contributed by atoms with Crippen LogP contribution in [0.15, 0.2) is 80.1 Å². The van der Waals surface area contributed by atoms with Gasteiger partial charge >= 0.3 is 11.9 Å². The summed E-state index contributed by atoms with van der Waals surface area (Å²) in [5, 5.41) is 9.65. The van der Waals surface area contributed by atoms with E-state index < -0.39 is 18.0 Å². The van der Waals surface area contributed by atoms with E-state index in [1.54, 1.807) is 57.4 Å². The summed E-state index contributed by atoms with van der Waals surface area (Å²) < 4.78 is 18.4. The van der Waals surface area contributed by atoms with Crippen LogP contribution in [0.2, 0.25) is 5.02 Å². The van der Waals surface area contributed by atoms with Crippen molar-refractivity contribution in [2.24, 2.45) is 4.99 Å². The van der Waals surface area contributed by atoms with Crippen molar-refractivity contribution in [2.75, 3.05) is 13.7 Å². The van der Waals surface area contributed by atoms with E-state index in [-0.39, 0.29) is 23.3 Å². The average molecular weight is 579 g/mol. The second-order valence-corrected chi connectivity index (χ2v) is 10.2. The molecule has 1 aliphatic heterocycles. The number of esters is 1. The van der Waals surface area contributed by atoms with Crippen molar-refractivity contribution >= 4 is 41.0 Å². The summed E-state index contributed by atoms with van der Waals surface area (Å²) in [6.07, 6.45) is 1.58. The third-order valence-electron chi connectivity index (χ3n) is 6.31. The van der Waals surface area contributed by atoms with Gasteiger partial charge in [0.15, 0.2) is 4.80 Å². The molecule has 0 aliphatic carbocycles.